The van der Waals surface area contributed by atoms with Crippen LogP contribution in [0.1, 0.15) is 40.0 Å². The summed E-state index contributed by atoms with van der Waals surface area (Å²) in [5, 5.41) is 3.29. The Labute approximate surface area is 119 Å². The van der Waals surface area contributed by atoms with Crippen LogP contribution < -0.4 is 5.32 Å². The number of rotatable bonds is 3. The lowest BCUT2D eigenvalue weighted by Crippen LogP contribution is -2.67. The van der Waals surface area contributed by atoms with Crippen LogP contribution in [-0.2, 0) is 9.59 Å². The quantitative estimate of drug-likeness (QED) is 0.857. The fraction of sp³-hybridized carbons (Fsp3) is 0.857. The van der Waals surface area contributed by atoms with E-state index in [0.29, 0.717) is 5.25 Å². The van der Waals surface area contributed by atoms with Gasteiger partial charge < -0.3 is 10.2 Å². The third kappa shape index (κ3) is 2.62. The summed E-state index contributed by atoms with van der Waals surface area (Å²) < 4.78 is 0. The lowest BCUT2D eigenvalue weighted by molar-refractivity contribution is -0.153. The molecule has 1 heterocycles. The van der Waals surface area contributed by atoms with Gasteiger partial charge in [-0.25, -0.2) is 0 Å². The molecular weight excluding hydrogens is 260 g/mol. The van der Waals surface area contributed by atoms with Crippen molar-refractivity contribution in [2.24, 2.45) is 5.92 Å². The molecule has 2 rings (SSSR count). The van der Waals surface area contributed by atoms with Crippen LogP contribution in [0.3, 0.4) is 0 Å². The summed E-state index contributed by atoms with van der Waals surface area (Å²) in [6.07, 6.45) is 5.43. The number of carbonyl (C=O) groups is 2. The minimum atomic E-state index is -0.384. The zero-order valence-corrected chi connectivity index (χ0v) is 13.0. The fourth-order valence-corrected chi connectivity index (χ4v) is 4.32. The first kappa shape index (κ1) is 14.7. The van der Waals surface area contributed by atoms with Crippen molar-refractivity contribution < 1.29 is 9.59 Å². The molecule has 0 aromatic rings. The minimum Gasteiger partial charge on any atom is -0.343 e. The standard InChI is InChI=1S/C14H24N2O2S/c1-8(2)12-13(17)15-9(3)14(18)16(12)10-6-5-7-11(10)19-4/h8-12H,5-7H2,1-4H3,(H,15,17). The van der Waals surface area contributed by atoms with Crippen LogP contribution in [0.15, 0.2) is 0 Å². The average Bonchev–Trinajstić information content (AvgIpc) is 2.80. The number of nitrogens with one attached hydrogen (secondary N) is 1. The smallest absolute Gasteiger partial charge is 0.245 e. The third-order valence-corrected chi connectivity index (χ3v) is 5.42. The predicted octanol–water partition coefficient (Wildman–Crippen LogP) is 1.64. The number of carbonyl (C=O) groups excluding carboxylic acids is 2. The molecule has 2 amide bonds. The summed E-state index contributed by atoms with van der Waals surface area (Å²) in [6.45, 7) is 5.82. The molecule has 4 atom stereocenters. The van der Waals surface area contributed by atoms with E-state index in [9.17, 15) is 9.59 Å². The number of hydrogen-bond acceptors (Lipinski definition) is 3. The van der Waals surface area contributed by atoms with E-state index >= 15 is 0 Å². The summed E-state index contributed by atoms with van der Waals surface area (Å²) in [5.41, 5.74) is 0. The molecule has 5 heteroatoms. The zero-order chi connectivity index (χ0) is 14.2. The van der Waals surface area contributed by atoms with Gasteiger partial charge in [0.1, 0.15) is 12.1 Å². The molecule has 108 valence electrons. The Hall–Kier alpha value is -0.710. The van der Waals surface area contributed by atoms with Gasteiger partial charge in [-0.3, -0.25) is 9.59 Å². The Kier molecular flexibility index (Phi) is 4.43. The molecule has 0 aromatic carbocycles. The van der Waals surface area contributed by atoms with Crippen LogP contribution in [0.2, 0.25) is 0 Å². The Balaban J connectivity index is 2.30. The van der Waals surface area contributed by atoms with Gasteiger partial charge in [-0.1, -0.05) is 20.3 Å². The molecule has 4 nitrogen and oxygen atoms in total. The summed E-state index contributed by atoms with van der Waals surface area (Å²) >= 11 is 1.83. The molecular formula is C14H24N2O2S. The van der Waals surface area contributed by atoms with Crippen molar-refractivity contribution in [3.63, 3.8) is 0 Å². The first-order valence-electron chi connectivity index (χ1n) is 7.12. The van der Waals surface area contributed by atoms with Crippen molar-refractivity contribution in [2.45, 2.75) is 63.4 Å². The molecule has 1 aliphatic heterocycles. The molecule has 1 saturated heterocycles. The maximum Gasteiger partial charge on any atom is 0.245 e. The average molecular weight is 284 g/mol. The van der Waals surface area contributed by atoms with E-state index in [0.717, 1.165) is 19.3 Å². The van der Waals surface area contributed by atoms with E-state index < -0.39 is 0 Å². The molecule has 19 heavy (non-hydrogen) atoms. The molecule has 1 aliphatic carbocycles. The Morgan fingerprint density at radius 1 is 1.32 bits per heavy atom. The van der Waals surface area contributed by atoms with Crippen molar-refractivity contribution in [3.8, 4) is 0 Å². The second-order valence-electron chi connectivity index (χ2n) is 5.94. The highest BCUT2D eigenvalue weighted by atomic mass is 32.2. The van der Waals surface area contributed by atoms with Crippen molar-refractivity contribution >= 4 is 23.6 Å². The van der Waals surface area contributed by atoms with Crippen molar-refractivity contribution in [1.29, 1.82) is 0 Å². The summed E-state index contributed by atoms with van der Waals surface area (Å²) in [5.74, 6) is 0.248. The Bertz CT molecular complexity index is 372. The van der Waals surface area contributed by atoms with Gasteiger partial charge in [-0.2, -0.15) is 11.8 Å². The van der Waals surface area contributed by atoms with E-state index in [-0.39, 0.29) is 35.9 Å². The lowest BCUT2D eigenvalue weighted by atomic mass is 9.95. The first-order valence-corrected chi connectivity index (χ1v) is 8.41. The molecule has 1 N–H and O–H groups in total. The van der Waals surface area contributed by atoms with Gasteiger partial charge in [0.15, 0.2) is 0 Å². The second kappa shape index (κ2) is 5.73. The van der Waals surface area contributed by atoms with Gasteiger partial charge in [0.25, 0.3) is 0 Å². The van der Waals surface area contributed by atoms with E-state index in [1.165, 1.54) is 0 Å². The molecule has 0 bridgehead atoms. The number of nitrogens with zero attached hydrogens (tertiary/aromatic N) is 1. The highest BCUT2D eigenvalue weighted by Gasteiger charge is 2.46. The van der Waals surface area contributed by atoms with E-state index in [1.807, 2.05) is 30.5 Å². The molecule has 0 spiro atoms. The number of thioether (sulfide) groups is 1. The van der Waals surface area contributed by atoms with E-state index in [1.54, 1.807) is 6.92 Å². The van der Waals surface area contributed by atoms with Gasteiger partial charge in [-0.15, -0.1) is 0 Å². The van der Waals surface area contributed by atoms with Crippen LogP contribution in [0.25, 0.3) is 0 Å². The summed E-state index contributed by atoms with van der Waals surface area (Å²) in [4.78, 5) is 26.7. The van der Waals surface area contributed by atoms with Gasteiger partial charge in [-0.05, 0) is 31.9 Å². The first-order chi connectivity index (χ1) is 8.97. The topological polar surface area (TPSA) is 49.4 Å². The summed E-state index contributed by atoms with van der Waals surface area (Å²) in [7, 11) is 0. The predicted molar refractivity (Wildman–Crippen MR) is 78.0 cm³/mol. The maximum atomic E-state index is 12.5. The molecule has 2 aliphatic rings. The van der Waals surface area contributed by atoms with Crippen molar-refractivity contribution in [2.75, 3.05) is 6.26 Å². The normalized spacial score (nSPS) is 35.9. The largest absolute Gasteiger partial charge is 0.343 e. The van der Waals surface area contributed by atoms with Gasteiger partial charge in [0.2, 0.25) is 11.8 Å². The molecule has 4 unspecified atom stereocenters. The number of piperazine rings is 1. The van der Waals surface area contributed by atoms with E-state index in [2.05, 4.69) is 11.6 Å². The summed E-state index contributed by atoms with van der Waals surface area (Å²) in [6, 6.07) is -0.463. The highest BCUT2D eigenvalue weighted by Crippen LogP contribution is 2.35. The monoisotopic (exact) mass is 284 g/mol. The van der Waals surface area contributed by atoms with Gasteiger partial charge in [0.05, 0.1) is 0 Å². The zero-order valence-electron chi connectivity index (χ0n) is 12.2. The van der Waals surface area contributed by atoms with Crippen molar-refractivity contribution in [3.05, 3.63) is 0 Å². The van der Waals surface area contributed by atoms with Crippen LogP contribution >= 0.6 is 11.8 Å². The second-order valence-corrected chi connectivity index (χ2v) is 7.01. The van der Waals surface area contributed by atoms with E-state index in [4.69, 9.17) is 0 Å². The molecule has 1 saturated carbocycles. The number of amides is 2. The minimum absolute atomic E-state index is 0.00820. The molecule has 0 radical (unpaired) electrons. The lowest BCUT2D eigenvalue weighted by Gasteiger charge is -2.44. The Morgan fingerprint density at radius 2 is 2.00 bits per heavy atom. The Morgan fingerprint density at radius 3 is 2.58 bits per heavy atom. The highest BCUT2D eigenvalue weighted by molar-refractivity contribution is 7.99. The van der Waals surface area contributed by atoms with Gasteiger partial charge in [0, 0.05) is 11.3 Å². The van der Waals surface area contributed by atoms with Crippen LogP contribution in [-0.4, -0.2) is 46.3 Å². The van der Waals surface area contributed by atoms with Crippen LogP contribution in [0.4, 0.5) is 0 Å². The molecule has 2 fully saturated rings. The molecule has 0 aromatic heterocycles. The van der Waals surface area contributed by atoms with Crippen LogP contribution in [0.5, 0.6) is 0 Å². The van der Waals surface area contributed by atoms with Gasteiger partial charge >= 0.3 is 0 Å². The SMILES string of the molecule is CSC1CCCC1N1C(=O)C(C)NC(=O)C1C(C)C. The van der Waals surface area contributed by atoms with Crippen LogP contribution in [0, 0.1) is 5.92 Å². The maximum absolute atomic E-state index is 12.5. The van der Waals surface area contributed by atoms with Crippen molar-refractivity contribution in [1.82, 2.24) is 10.2 Å². The third-order valence-electron chi connectivity index (χ3n) is 4.26. The fourth-order valence-electron chi connectivity index (χ4n) is 3.34. The number of hydrogen-bond donors (Lipinski definition) is 1.